The Morgan fingerprint density at radius 1 is 1.03 bits per heavy atom. The summed E-state index contributed by atoms with van der Waals surface area (Å²) in [7, 11) is 0. The standard InChI is InChI=1S/C14H16N4.C11H11N/c1-2-11-7-9(5-6-18-11)14(17)12-8-10(15)3-4-13(12)16;12-8-9-5-6-10-3-1-2-4-11(10)7-9/h3-8,17H,2,15-16H2,1H3;5-7H,1-4H2. The number of fused-ring (bicyclic) bond motifs is 1. The van der Waals surface area contributed by atoms with Crippen LogP contribution in [0.2, 0.25) is 0 Å². The number of aromatic nitrogens is 1. The van der Waals surface area contributed by atoms with Crippen LogP contribution >= 0.6 is 0 Å². The number of nitrogens with zero attached hydrogens (tertiary/aromatic N) is 2. The van der Waals surface area contributed by atoms with E-state index in [9.17, 15) is 0 Å². The topological polar surface area (TPSA) is 113 Å². The van der Waals surface area contributed by atoms with Crippen LogP contribution in [-0.4, -0.2) is 10.7 Å². The molecule has 0 atom stereocenters. The molecule has 1 heterocycles. The smallest absolute Gasteiger partial charge is 0.0991 e. The minimum Gasteiger partial charge on any atom is -0.399 e. The van der Waals surface area contributed by atoms with E-state index in [1.807, 2.05) is 31.2 Å². The fraction of sp³-hybridized carbons (Fsp3) is 0.240. The van der Waals surface area contributed by atoms with Gasteiger partial charge in [0.05, 0.1) is 17.3 Å². The lowest BCUT2D eigenvalue weighted by atomic mass is 9.91. The zero-order valence-corrected chi connectivity index (χ0v) is 17.3. The molecule has 5 N–H and O–H groups in total. The monoisotopic (exact) mass is 397 g/mol. The van der Waals surface area contributed by atoms with Crippen LogP contribution in [-0.2, 0) is 19.3 Å². The van der Waals surface area contributed by atoms with E-state index in [1.54, 1.807) is 24.4 Å². The van der Waals surface area contributed by atoms with Gasteiger partial charge in [0.15, 0.2) is 0 Å². The summed E-state index contributed by atoms with van der Waals surface area (Å²) in [5, 5.41) is 16.9. The largest absolute Gasteiger partial charge is 0.399 e. The molecule has 30 heavy (non-hydrogen) atoms. The van der Waals surface area contributed by atoms with Crippen LogP contribution < -0.4 is 11.5 Å². The first-order valence-electron chi connectivity index (χ1n) is 10.2. The van der Waals surface area contributed by atoms with Crippen molar-refractivity contribution in [3.05, 3.63) is 88.2 Å². The third-order valence-corrected chi connectivity index (χ3v) is 5.29. The Labute approximate surface area is 177 Å². The SMILES string of the molecule is CCc1cc(C(=N)c2cc(N)ccc2N)ccn1.N#Cc1ccc2c(c1)CCCC2. The minimum absolute atomic E-state index is 0.372. The summed E-state index contributed by atoms with van der Waals surface area (Å²) in [5.74, 6) is 0. The zero-order chi connectivity index (χ0) is 21.5. The quantitative estimate of drug-likeness (QED) is 0.440. The van der Waals surface area contributed by atoms with Gasteiger partial charge in [0.2, 0.25) is 0 Å². The Kier molecular flexibility index (Phi) is 6.82. The van der Waals surface area contributed by atoms with Gasteiger partial charge in [-0.3, -0.25) is 10.4 Å². The van der Waals surface area contributed by atoms with E-state index >= 15 is 0 Å². The summed E-state index contributed by atoms with van der Waals surface area (Å²) in [6.45, 7) is 2.03. The Morgan fingerprint density at radius 2 is 1.80 bits per heavy atom. The third-order valence-electron chi connectivity index (χ3n) is 5.29. The highest BCUT2D eigenvalue weighted by atomic mass is 14.7. The molecule has 0 aliphatic heterocycles. The van der Waals surface area contributed by atoms with Gasteiger partial charge in [-0.2, -0.15) is 5.26 Å². The summed E-state index contributed by atoms with van der Waals surface area (Å²) >= 11 is 0. The Bertz CT molecular complexity index is 1090. The van der Waals surface area contributed by atoms with Crippen LogP contribution in [0.5, 0.6) is 0 Å². The van der Waals surface area contributed by atoms with Crippen LogP contribution in [0.25, 0.3) is 0 Å². The molecule has 4 rings (SSSR count). The van der Waals surface area contributed by atoms with Crippen molar-refractivity contribution in [1.29, 1.82) is 10.7 Å². The number of benzene rings is 2. The molecule has 2 aromatic carbocycles. The van der Waals surface area contributed by atoms with Gasteiger partial charge >= 0.3 is 0 Å². The number of pyridine rings is 1. The van der Waals surface area contributed by atoms with Crippen LogP contribution in [0.1, 0.15) is 53.3 Å². The first kappa shape index (κ1) is 21.1. The van der Waals surface area contributed by atoms with Crippen LogP contribution in [0.15, 0.2) is 54.7 Å². The van der Waals surface area contributed by atoms with Crippen LogP contribution in [0.3, 0.4) is 0 Å². The molecule has 3 aromatic rings. The van der Waals surface area contributed by atoms with Crippen molar-refractivity contribution in [3.63, 3.8) is 0 Å². The first-order chi connectivity index (χ1) is 14.5. The van der Waals surface area contributed by atoms with Gasteiger partial charge in [0, 0.05) is 34.4 Å². The number of nitrogens with two attached hydrogens (primary N) is 2. The predicted molar refractivity (Wildman–Crippen MR) is 123 cm³/mol. The Morgan fingerprint density at radius 3 is 2.53 bits per heavy atom. The van der Waals surface area contributed by atoms with Crippen molar-refractivity contribution in [2.75, 3.05) is 11.5 Å². The zero-order valence-electron chi connectivity index (χ0n) is 17.3. The normalized spacial score (nSPS) is 12.1. The van der Waals surface area contributed by atoms with Crippen LogP contribution in [0, 0.1) is 16.7 Å². The molecule has 0 saturated carbocycles. The van der Waals surface area contributed by atoms with Crippen LogP contribution in [0.4, 0.5) is 11.4 Å². The van der Waals surface area contributed by atoms with Crippen molar-refractivity contribution in [1.82, 2.24) is 4.98 Å². The van der Waals surface area contributed by atoms with Gasteiger partial charge < -0.3 is 11.5 Å². The molecule has 0 amide bonds. The van der Waals surface area contributed by atoms with E-state index in [4.69, 9.17) is 22.1 Å². The Hall–Kier alpha value is -3.65. The lowest BCUT2D eigenvalue weighted by molar-refractivity contribution is 0.685. The van der Waals surface area contributed by atoms with Crippen molar-refractivity contribution < 1.29 is 0 Å². The van der Waals surface area contributed by atoms with E-state index in [0.717, 1.165) is 29.7 Å². The summed E-state index contributed by atoms with van der Waals surface area (Å²) in [6.07, 6.45) is 7.49. The number of nitrogens with one attached hydrogen (secondary N) is 1. The molecule has 1 aliphatic rings. The fourth-order valence-corrected chi connectivity index (χ4v) is 3.58. The molecular formula is C25H27N5. The van der Waals surface area contributed by atoms with E-state index in [1.165, 1.54) is 30.4 Å². The molecule has 0 spiro atoms. The number of rotatable bonds is 3. The third kappa shape index (κ3) is 5.03. The molecule has 0 radical (unpaired) electrons. The minimum atomic E-state index is 0.372. The second kappa shape index (κ2) is 9.71. The number of hydrogen-bond donors (Lipinski definition) is 3. The van der Waals surface area contributed by atoms with E-state index in [0.29, 0.717) is 22.6 Å². The number of aryl methyl sites for hydroxylation is 3. The fourth-order valence-electron chi connectivity index (χ4n) is 3.58. The summed E-state index contributed by atoms with van der Waals surface area (Å²) in [4.78, 5) is 4.22. The lowest BCUT2D eigenvalue weighted by Crippen LogP contribution is -2.07. The lowest BCUT2D eigenvalue weighted by Gasteiger charge is -2.14. The second-order valence-electron chi connectivity index (χ2n) is 7.41. The number of hydrogen-bond acceptors (Lipinski definition) is 5. The highest BCUT2D eigenvalue weighted by Gasteiger charge is 2.10. The maximum absolute atomic E-state index is 8.69. The molecule has 0 bridgehead atoms. The van der Waals surface area contributed by atoms with Gasteiger partial charge in [0.25, 0.3) is 0 Å². The van der Waals surface area contributed by atoms with Gasteiger partial charge in [-0.15, -0.1) is 0 Å². The maximum Gasteiger partial charge on any atom is 0.0991 e. The molecule has 152 valence electrons. The number of anilines is 2. The molecule has 0 fully saturated rings. The van der Waals surface area contributed by atoms with Crippen molar-refractivity contribution in [2.45, 2.75) is 39.0 Å². The second-order valence-corrected chi connectivity index (χ2v) is 7.41. The average molecular weight is 398 g/mol. The molecule has 5 nitrogen and oxygen atoms in total. The van der Waals surface area contributed by atoms with Gasteiger partial charge in [0.1, 0.15) is 0 Å². The molecule has 0 unspecified atom stereocenters. The summed E-state index contributed by atoms with van der Waals surface area (Å²) in [6, 6.07) is 17.1. The average Bonchev–Trinajstić information content (AvgIpc) is 2.80. The van der Waals surface area contributed by atoms with Crippen molar-refractivity contribution >= 4 is 17.1 Å². The molecule has 1 aliphatic carbocycles. The number of nitriles is 1. The molecule has 5 heteroatoms. The highest BCUT2D eigenvalue weighted by Crippen LogP contribution is 2.22. The van der Waals surface area contributed by atoms with Crippen molar-refractivity contribution in [3.8, 4) is 6.07 Å². The summed E-state index contributed by atoms with van der Waals surface area (Å²) < 4.78 is 0. The molecule has 0 saturated heterocycles. The van der Waals surface area contributed by atoms with Gasteiger partial charge in [-0.05, 0) is 85.7 Å². The maximum atomic E-state index is 8.69. The highest BCUT2D eigenvalue weighted by molar-refractivity contribution is 6.14. The van der Waals surface area contributed by atoms with E-state index in [-0.39, 0.29) is 0 Å². The molecular weight excluding hydrogens is 370 g/mol. The van der Waals surface area contributed by atoms with E-state index in [2.05, 4.69) is 17.1 Å². The summed E-state index contributed by atoms with van der Waals surface area (Å²) in [5.41, 5.74) is 19.2. The Balaban J connectivity index is 0.000000184. The van der Waals surface area contributed by atoms with E-state index < -0.39 is 0 Å². The molecule has 1 aromatic heterocycles. The number of nitrogen functional groups attached to an aromatic ring is 2. The first-order valence-corrected chi connectivity index (χ1v) is 10.2. The van der Waals surface area contributed by atoms with Gasteiger partial charge in [-0.1, -0.05) is 13.0 Å². The van der Waals surface area contributed by atoms with Crippen molar-refractivity contribution in [2.24, 2.45) is 0 Å². The predicted octanol–water partition coefficient (Wildman–Crippen LogP) is 4.66. The van der Waals surface area contributed by atoms with Gasteiger partial charge in [-0.25, -0.2) is 0 Å².